The minimum Gasteiger partial charge on any atom is -0.481 e. The van der Waals surface area contributed by atoms with Gasteiger partial charge >= 0.3 is 12.1 Å². The molecule has 12 heteroatoms. The van der Waals surface area contributed by atoms with Gasteiger partial charge in [0.2, 0.25) is 5.82 Å². The van der Waals surface area contributed by atoms with Gasteiger partial charge in [0.15, 0.2) is 5.69 Å². The molecule has 38 heavy (non-hydrogen) atoms. The normalized spacial score (nSPS) is 17.4. The van der Waals surface area contributed by atoms with Crippen molar-refractivity contribution in [1.82, 2.24) is 24.8 Å². The number of rotatable bonds is 7. The number of likely N-dealkylation sites (tertiary alicyclic amines) is 1. The Labute approximate surface area is 215 Å². The molecular formula is C26H24F3N5O4. The summed E-state index contributed by atoms with van der Waals surface area (Å²) >= 11 is 0. The molecule has 0 saturated carbocycles. The van der Waals surface area contributed by atoms with E-state index < -0.39 is 29.9 Å². The summed E-state index contributed by atoms with van der Waals surface area (Å²) in [7, 11) is 0. The molecule has 198 valence electrons. The summed E-state index contributed by atoms with van der Waals surface area (Å²) < 4.78 is 47.9. The fraction of sp³-hybridized carbons (Fsp3) is 0.308. The predicted octanol–water partition coefficient (Wildman–Crippen LogP) is 4.44. The molecule has 2 unspecified atom stereocenters. The van der Waals surface area contributed by atoms with E-state index in [4.69, 9.17) is 4.52 Å². The highest BCUT2D eigenvalue weighted by molar-refractivity contribution is 5.70. The lowest BCUT2D eigenvalue weighted by atomic mass is 9.97. The average Bonchev–Trinajstić information content (AvgIpc) is 3.57. The molecule has 0 radical (unpaired) electrons. The number of carboxylic acids is 1. The molecule has 2 atom stereocenters. The molecule has 9 nitrogen and oxygen atoms in total. The Hall–Kier alpha value is -4.03. The van der Waals surface area contributed by atoms with Gasteiger partial charge in [-0.1, -0.05) is 47.6 Å². The van der Waals surface area contributed by atoms with Gasteiger partial charge in [-0.25, -0.2) is 4.68 Å². The van der Waals surface area contributed by atoms with Crippen LogP contribution in [-0.2, 0) is 11.0 Å². The van der Waals surface area contributed by atoms with E-state index in [1.54, 1.807) is 42.5 Å². The van der Waals surface area contributed by atoms with Crippen LogP contribution in [0.25, 0.3) is 28.5 Å². The number of alkyl halides is 3. The molecule has 5 rings (SSSR count). The number of nitrogens with zero attached hydrogens (tertiary/aromatic N) is 5. The highest BCUT2D eigenvalue weighted by atomic mass is 19.4. The second-order valence-electron chi connectivity index (χ2n) is 9.15. The maximum atomic E-state index is 14.0. The molecular weight excluding hydrogens is 503 g/mol. The van der Waals surface area contributed by atoms with Crippen LogP contribution < -0.4 is 0 Å². The van der Waals surface area contributed by atoms with Crippen molar-refractivity contribution in [3.05, 3.63) is 72.1 Å². The summed E-state index contributed by atoms with van der Waals surface area (Å²) in [5.74, 6) is -1.51. The van der Waals surface area contributed by atoms with Gasteiger partial charge in [0.1, 0.15) is 0 Å². The van der Waals surface area contributed by atoms with Crippen LogP contribution in [0.1, 0.15) is 30.2 Å². The number of aliphatic hydroxyl groups is 1. The monoisotopic (exact) mass is 527 g/mol. The Kier molecular flexibility index (Phi) is 7.00. The van der Waals surface area contributed by atoms with Crippen molar-refractivity contribution in [1.29, 1.82) is 0 Å². The fourth-order valence-corrected chi connectivity index (χ4v) is 4.62. The number of carbonyl (C=O) groups is 1. The van der Waals surface area contributed by atoms with Crippen molar-refractivity contribution >= 4 is 5.97 Å². The van der Waals surface area contributed by atoms with Crippen LogP contribution in [0.5, 0.6) is 0 Å². The minimum atomic E-state index is -4.73. The van der Waals surface area contributed by atoms with E-state index in [0.29, 0.717) is 37.2 Å². The summed E-state index contributed by atoms with van der Waals surface area (Å²) in [6, 6.07) is 14.6. The highest BCUT2D eigenvalue weighted by Crippen LogP contribution is 2.38. The van der Waals surface area contributed by atoms with Gasteiger partial charge in [-0.2, -0.15) is 23.3 Å². The van der Waals surface area contributed by atoms with Crippen molar-refractivity contribution in [2.45, 2.75) is 25.1 Å². The first-order valence-corrected chi connectivity index (χ1v) is 12.0. The third-order valence-electron chi connectivity index (χ3n) is 6.53. The Morgan fingerprint density at radius 2 is 1.87 bits per heavy atom. The van der Waals surface area contributed by atoms with E-state index in [1.807, 2.05) is 4.90 Å². The van der Waals surface area contributed by atoms with E-state index in [9.17, 15) is 28.2 Å². The Bertz CT molecular complexity index is 1400. The SMILES string of the molecule is O=C(O)C1CCCN(CC(O)c2ccc(-c3noc(-c4cnn(-c5ccccc5)c4C(F)(F)F)n3)cc2)C1. The van der Waals surface area contributed by atoms with E-state index >= 15 is 0 Å². The van der Waals surface area contributed by atoms with Crippen LogP contribution in [0.15, 0.2) is 65.3 Å². The van der Waals surface area contributed by atoms with E-state index in [0.717, 1.165) is 17.3 Å². The Morgan fingerprint density at radius 3 is 2.55 bits per heavy atom. The Balaban J connectivity index is 1.34. The zero-order chi connectivity index (χ0) is 26.9. The Morgan fingerprint density at radius 1 is 1.13 bits per heavy atom. The molecule has 0 amide bonds. The summed E-state index contributed by atoms with van der Waals surface area (Å²) in [6.45, 7) is 1.39. The quantitative estimate of drug-likeness (QED) is 0.362. The minimum absolute atomic E-state index is 0.0851. The number of benzene rings is 2. The molecule has 1 fully saturated rings. The van der Waals surface area contributed by atoms with Gasteiger partial charge in [-0.15, -0.1) is 0 Å². The van der Waals surface area contributed by atoms with Gasteiger partial charge < -0.3 is 14.7 Å². The third-order valence-corrected chi connectivity index (χ3v) is 6.53. The van der Waals surface area contributed by atoms with Crippen LogP contribution >= 0.6 is 0 Å². The first kappa shape index (κ1) is 25.6. The van der Waals surface area contributed by atoms with Crippen LogP contribution in [0.4, 0.5) is 13.2 Å². The number of piperidine rings is 1. The lowest BCUT2D eigenvalue weighted by molar-refractivity contribution is -0.144. The number of aliphatic hydroxyl groups excluding tert-OH is 1. The van der Waals surface area contributed by atoms with Crippen molar-refractivity contribution in [2.75, 3.05) is 19.6 Å². The lowest BCUT2D eigenvalue weighted by Gasteiger charge is -2.32. The van der Waals surface area contributed by atoms with Crippen molar-refractivity contribution in [2.24, 2.45) is 5.92 Å². The second kappa shape index (κ2) is 10.4. The molecule has 1 aliphatic rings. The summed E-state index contributed by atoms with van der Waals surface area (Å²) in [4.78, 5) is 17.4. The van der Waals surface area contributed by atoms with Gasteiger partial charge in [0, 0.05) is 18.7 Å². The van der Waals surface area contributed by atoms with E-state index in [1.165, 1.54) is 12.1 Å². The van der Waals surface area contributed by atoms with Crippen LogP contribution in [0.2, 0.25) is 0 Å². The molecule has 0 aliphatic carbocycles. The van der Waals surface area contributed by atoms with E-state index in [-0.39, 0.29) is 23.0 Å². The topological polar surface area (TPSA) is 118 Å². The molecule has 4 aromatic rings. The maximum Gasteiger partial charge on any atom is 0.434 e. The van der Waals surface area contributed by atoms with Gasteiger partial charge in [0.25, 0.3) is 5.89 Å². The number of hydrogen-bond acceptors (Lipinski definition) is 7. The van der Waals surface area contributed by atoms with Crippen LogP contribution in [-0.4, -0.2) is 60.6 Å². The largest absolute Gasteiger partial charge is 0.481 e. The third kappa shape index (κ3) is 5.31. The number of β-amino-alcohol motifs (C(OH)–C–C–N with tert-alkyl or cyclic N) is 1. The number of hydrogen-bond donors (Lipinski definition) is 2. The van der Waals surface area contributed by atoms with Gasteiger partial charge in [0.05, 0.1) is 29.5 Å². The molecule has 2 N–H and O–H groups in total. The highest BCUT2D eigenvalue weighted by Gasteiger charge is 2.40. The lowest BCUT2D eigenvalue weighted by Crippen LogP contribution is -2.40. The zero-order valence-corrected chi connectivity index (χ0v) is 20.0. The van der Waals surface area contributed by atoms with Crippen LogP contribution in [0, 0.1) is 5.92 Å². The molecule has 2 aromatic heterocycles. The summed E-state index contributed by atoms with van der Waals surface area (Å²) in [6.07, 6.45) is -3.14. The summed E-state index contributed by atoms with van der Waals surface area (Å²) in [5.41, 5.74) is -0.0288. The van der Waals surface area contributed by atoms with Crippen molar-refractivity contribution < 1.29 is 32.7 Å². The van der Waals surface area contributed by atoms with Gasteiger partial charge in [-0.3, -0.25) is 9.69 Å². The molecule has 2 aromatic carbocycles. The number of aliphatic carboxylic acids is 1. The van der Waals surface area contributed by atoms with Crippen LogP contribution in [0.3, 0.4) is 0 Å². The van der Waals surface area contributed by atoms with Crippen molar-refractivity contribution in [3.63, 3.8) is 0 Å². The zero-order valence-electron chi connectivity index (χ0n) is 20.0. The van der Waals surface area contributed by atoms with E-state index in [2.05, 4.69) is 15.2 Å². The predicted molar refractivity (Wildman–Crippen MR) is 129 cm³/mol. The fourth-order valence-electron chi connectivity index (χ4n) is 4.62. The second-order valence-corrected chi connectivity index (χ2v) is 9.15. The average molecular weight is 528 g/mol. The molecule has 1 aliphatic heterocycles. The summed E-state index contributed by atoms with van der Waals surface area (Å²) in [5, 5.41) is 27.7. The molecule has 0 bridgehead atoms. The molecule has 0 spiro atoms. The number of carboxylic acid groups (broad SMARTS) is 1. The van der Waals surface area contributed by atoms with Crippen molar-refractivity contribution in [3.8, 4) is 28.5 Å². The maximum absolute atomic E-state index is 14.0. The molecule has 3 heterocycles. The molecule has 1 saturated heterocycles. The smallest absolute Gasteiger partial charge is 0.434 e. The van der Waals surface area contributed by atoms with Gasteiger partial charge in [-0.05, 0) is 37.1 Å². The number of aromatic nitrogens is 4. The number of para-hydroxylation sites is 1. The number of halogens is 3. The first-order chi connectivity index (χ1) is 18.2. The standard InChI is InChI=1S/C26H24F3N5O4/c27-26(28,29)22-20(13-30-34(22)19-6-2-1-3-7-19)24-31-23(32-38-24)17-10-8-16(9-11-17)21(35)15-33-12-4-5-18(14-33)25(36)37/h1-3,6-11,13,18,21,35H,4-5,12,14-15H2,(H,36,37). The first-order valence-electron chi connectivity index (χ1n) is 12.0.